The van der Waals surface area contributed by atoms with Gasteiger partial charge in [-0.15, -0.1) is 0 Å². The van der Waals surface area contributed by atoms with Gasteiger partial charge in [0.2, 0.25) is 5.09 Å². The number of rotatable bonds is 6. The normalized spacial score (nSPS) is 16.9. The third-order valence-corrected chi connectivity index (χ3v) is 7.06. The molecule has 2 aliphatic carbocycles. The van der Waals surface area contributed by atoms with Crippen LogP contribution in [0.5, 0.6) is 0 Å². The van der Waals surface area contributed by atoms with Gasteiger partial charge in [-0.05, 0) is 62.1 Å². The smallest absolute Gasteiger partial charge is 0.272 e. The molecule has 0 radical (unpaired) electrons. The lowest BCUT2D eigenvalue weighted by molar-refractivity contribution is 0.0754. The lowest BCUT2D eigenvalue weighted by atomic mass is 9.80. The number of hydrogen-bond donors (Lipinski definition) is 3. The van der Waals surface area contributed by atoms with Crippen LogP contribution in [0.4, 0.5) is 5.69 Å². The molecule has 4 rings (SSSR count). The molecule has 4 N–H and O–H groups in total. The molecule has 2 aliphatic rings. The molecule has 0 aliphatic heterocycles. The molecule has 30 heavy (non-hydrogen) atoms. The number of nitrogens with one attached hydrogen (secondary N) is 1. The number of carbonyl (C=O) groups is 1. The molecule has 1 fully saturated rings. The van der Waals surface area contributed by atoms with Crippen LogP contribution in [0.15, 0.2) is 27.9 Å². The van der Waals surface area contributed by atoms with Gasteiger partial charge in [0.15, 0.2) is 0 Å². The summed E-state index contributed by atoms with van der Waals surface area (Å²) in [5, 5.41) is 18.1. The van der Waals surface area contributed by atoms with E-state index >= 15 is 0 Å². The number of sulfonamides is 1. The second-order valence-corrected chi connectivity index (χ2v) is 10.4. The van der Waals surface area contributed by atoms with Crippen LogP contribution in [0.25, 0.3) is 0 Å². The first-order valence-corrected chi connectivity index (χ1v) is 11.9. The molecule has 0 saturated heterocycles. The molecule has 1 aromatic carbocycles. The first-order valence-electron chi connectivity index (χ1n) is 10.4. The number of hydrogen-bond acceptors (Lipinski definition) is 5. The van der Waals surface area contributed by atoms with E-state index in [0.717, 1.165) is 48.8 Å². The summed E-state index contributed by atoms with van der Waals surface area (Å²) in [4.78, 5) is 13.3. The maximum atomic E-state index is 13.3. The minimum absolute atomic E-state index is 0.0807. The summed E-state index contributed by atoms with van der Waals surface area (Å²) in [6, 6.07) is 4.22. The summed E-state index contributed by atoms with van der Waals surface area (Å²) in [5.74, 6) is -0.0268. The number of anilines is 1. The van der Waals surface area contributed by atoms with E-state index in [9.17, 15) is 18.3 Å². The Morgan fingerprint density at radius 3 is 2.60 bits per heavy atom. The highest BCUT2D eigenvalue weighted by molar-refractivity contribution is 7.89. The molecule has 7 nitrogen and oxygen atoms in total. The molecule has 1 heterocycles. The second-order valence-electron chi connectivity index (χ2n) is 8.96. The Bertz CT molecular complexity index is 1090. The molecule has 2 aromatic rings. The fourth-order valence-corrected chi connectivity index (χ4v) is 5.11. The maximum absolute atomic E-state index is 13.3. The van der Waals surface area contributed by atoms with Crippen molar-refractivity contribution in [2.24, 2.45) is 11.1 Å². The quantitative estimate of drug-likeness (QED) is 0.647. The van der Waals surface area contributed by atoms with Crippen LogP contribution in [0.3, 0.4) is 0 Å². The molecule has 1 saturated carbocycles. The van der Waals surface area contributed by atoms with E-state index in [2.05, 4.69) is 17.4 Å². The zero-order valence-electron chi connectivity index (χ0n) is 17.3. The first-order chi connectivity index (χ1) is 14.1. The van der Waals surface area contributed by atoms with E-state index in [0.29, 0.717) is 5.92 Å². The summed E-state index contributed by atoms with van der Waals surface area (Å²) in [5.41, 5.74) is 2.53. The second kappa shape index (κ2) is 7.51. The standard InChI is InChI=1S/C22H28N2O5S/c1-22(2,26)17-12-29-21(30(23,27)28)18(17)20(25)24-19-15(11-13-5-3-6-13)10-9-14-7-4-8-16(14)19/h9-10,12-13,26H,3-8,11H2,1-2H3,(H,24,25)(H2,23,27,28). The topological polar surface area (TPSA) is 123 Å². The molecule has 0 spiro atoms. The zero-order valence-corrected chi connectivity index (χ0v) is 18.1. The Labute approximate surface area is 176 Å². The Morgan fingerprint density at radius 1 is 1.27 bits per heavy atom. The predicted molar refractivity (Wildman–Crippen MR) is 113 cm³/mol. The molecule has 0 bridgehead atoms. The molecular formula is C22H28N2O5S. The molecule has 162 valence electrons. The number of benzene rings is 1. The SMILES string of the molecule is CC(C)(O)c1coc(S(N)(=O)=O)c1C(=O)Nc1c(CC2CCC2)ccc2c1CCC2. The van der Waals surface area contributed by atoms with Crippen molar-refractivity contribution in [3.63, 3.8) is 0 Å². The fraction of sp³-hybridized carbons (Fsp3) is 0.500. The van der Waals surface area contributed by atoms with E-state index in [4.69, 9.17) is 9.56 Å². The van der Waals surface area contributed by atoms with Crippen LogP contribution >= 0.6 is 0 Å². The number of aliphatic hydroxyl groups is 1. The van der Waals surface area contributed by atoms with Crippen molar-refractivity contribution >= 4 is 21.6 Å². The number of aryl methyl sites for hydroxylation is 1. The summed E-state index contributed by atoms with van der Waals surface area (Å²) in [7, 11) is -4.28. The molecular weight excluding hydrogens is 404 g/mol. The van der Waals surface area contributed by atoms with Gasteiger partial charge in [-0.1, -0.05) is 31.4 Å². The van der Waals surface area contributed by atoms with Crippen LogP contribution in [-0.2, 0) is 34.9 Å². The van der Waals surface area contributed by atoms with E-state index in [-0.39, 0.29) is 11.1 Å². The van der Waals surface area contributed by atoms with Crippen LogP contribution in [0, 0.1) is 5.92 Å². The minimum atomic E-state index is -4.28. The van der Waals surface area contributed by atoms with Gasteiger partial charge >= 0.3 is 0 Å². The Balaban J connectivity index is 1.76. The van der Waals surface area contributed by atoms with E-state index < -0.39 is 26.6 Å². The molecule has 0 unspecified atom stereocenters. The highest BCUT2D eigenvalue weighted by atomic mass is 32.2. The number of fused-ring (bicyclic) bond motifs is 1. The summed E-state index contributed by atoms with van der Waals surface area (Å²) in [6.07, 6.45) is 8.43. The lowest BCUT2D eigenvalue weighted by Gasteiger charge is -2.27. The summed E-state index contributed by atoms with van der Waals surface area (Å²) in [6.45, 7) is 2.92. The summed E-state index contributed by atoms with van der Waals surface area (Å²) >= 11 is 0. The number of primary sulfonamides is 1. The highest BCUT2D eigenvalue weighted by Gasteiger charge is 2.35. The van der Waals surface area contributed by atoms with Gasteiger partial charge in [-0.25, -0.2) is 13.6 Å². The van der Waals surface area contributed by atoms with Crippen LogP contribution < -0.4 is 10.5 Å². The van der Waals surface area contributed by atoms with Crippen molar-refractivity contribution in [2.45, 2.75) is 69.5 Å². The van der Waals surface area contributed by atoms with Gasteiger partial charge in [0.25, 0.3) is 15.9 Å². The third kappa shape index (κ3) is 3.91. The van der Waals surface area contributed by atoms with Gasteiger partial charge < -0.3 is 14.8 Å². The number of furan rings is 1. The Morgan fingerprint density at radius 2 is 2.00 bits per heavy atom. The Hall–Kier alpha value is -2.16. The lowest BCUT2D eigenvalue weighted by Crippen LogP contribution is -2.25. The molecule has 0 atom stereocenters. The fourth-order valence-electron chi connectivity index (χ4n) is 4.44. The van der Waals surface area contributed by atoms with Gasteiger partial charge in [0.05, 0.1) is 11.9 Å². The monoisotopic (exact) mass is 432 g/mol. The van der Waals surface area contributed by atoms with Crippen molar-refractivity contribution in [1.82, 2.24) is 0 Å². The van der Waals surface area contributed by atoms with Gasteiger partial charge in [-0.2, -0.15) is 0 Å². The van der Waals surface area contributed by atoms with Crippen LogP contribution in [0.2, 0.25) is 0 Å². The van der Waals surface area contributed by atoms with Gasteiger partial charge in [0.1, 0.15) is 5.56 Å². The van der Waals surface area contributed by atoms with Crippen LogP contribution in [-0.4, -0.2) is 19.4 Å². The van der Waals surface area contributed by atoms with E-state index in [1.165, 1.54) is 38.7 Å². The largest absolute Gasteiger partial charge is 0.451 e. The van der Waals surface area contributed by atoms with Crippen LogP contribution in [0.1, 0.15) is 72.1 Å². The van der Waals surface area contributed by atoms with Crippen molar-refractivity contribution in [1.29, 1.82) is 0 Å². The first kappa shape index (κ1) is 21.1. The number of amides is 1. The van der Waals surface area contributed by atoms with Crippen molar-refractivity contribution in [3.05, 3.63) is 46.2 Å². The Kier molecular flexibility index (Phi) is 5.28. The highest BCUT2D eigenvalue weighted by Crippen LogP contribution is 2.38. The number of nitrogens with two attached hydrogens (primary N) is 1. The summed E-state index contributed by atoms with van der Waals surface area (Å²) < 4.78 is 29.2. The van der Waals surface area contributed by atoms with Crippen molar-refractivity contribution in [3.8, 4) is 0 Å². The van der Waals surface area contributed by atoms with Crippen molar-refractivity contribution in [2.75, 3.05) is 5.32 Å². The average Bonchev–Trinajstić information content (AvgIpc) is 3.25. The predicted octanol–water partition coefficient (Wildman–Crippen LogP) is 3.24. The molecule has 1 aromatic heterocycles. The van der Waals surface area contributed by atoms with E-state index in [1.807, 2.05) is 0 Å². The average molecular weight is 433 g/mol. The number of carbonyl (C=O) groups excluding carboxylic acids is 1. The maximum Gasteiger partial charge on any atom is 0.272 e. The van der Waals surface area contributed by atoms with E-state index in [1.54, 1.807) is 0 Å². The molecule has 8 heteroatoms. The zero-order chi connectivity index (χ0) is 21.7. The third-order valence-electron chi connectivity index (χ3n) is 6.24. The molecule has 1 amide bonds. The van der Waals surface area contributed by atoms with Gasteiger partial charge in [0, 0.05) is 11.3 Å². The van der Waals surface area contributed by atoms with Crippen molar-refractivity contribution < 1.29 is 22.7 Å². The van der Waals surface area contributed by atoms with Gasteiger partial charge in [-0.3, -0.25) is 4.79 Å². The minimum Gasteiger partial charge on any atom is -0.451 e.